The number of carbonyl (C=O) groups is 1. The Kier molecular flexibility index (Phi) is 3.27. The van der Waals surface area contributed by atoms with Crippen molar-refractivity contribution in [3.05, 3.63) is 29.3 Å². The first-order valence-corrected chi connectivity index (χ1v) is 4.24. The van der Waals surface area contributed by atoms with Crippen LogP contribution in [0.2, 0.25) is 0 Å². The Morgan fingerprint density at radius 2 is 2.36 bits per heavy atom. The maximum Gasteiger partial charge on any atom is 0.300 e. The lowest BCUT2D eigenvalue weighted by atomic mass is 10.1. The van der Waals surface area contributed by atoms with Gasteiger partial charge in [0.25, 0.3) is 5.91 Å². The van der Waals surface area contributed by atoms with Gasteiger partial charge < -0.3 is 11.1 Å². The Morgan fingerprint density at radius 1 is 1.64 bits per heavy atom. The van der Waals surface area contributed by atoms with E-state index in [-0.39, 0.29) is 0 Å². The molecule has 1 aromatic rings. The second-order valence-electron chi connectivity index (χ2n) is 2.95. The van der Waals surface area contributed by atoms with E-state index in [1.807, 2.05) is 25.0 Å². The number of nitrogens with two attached hydrogens (primary N) is 1. The minimum Gasteiger partial charge on any atom is -0.326 e. The molecule has 0 bridgehead atoms. The molecular formula is C11H12N2O. The molecule has 14 heavy (non-hydrogen) atoms. The van der Waals surface area contributed by atoms with Crippen molar-refractivity contribution >= 4 is 11.6 Å². The summed E-state index contributed by atoms with van der Waals surface area (Å²) in [5.41, 5.74) is 8.19. The number of carbonyl (C=O) groups excluding carboxylic acids is 1. The highest BCUT2D eigenvalue weighted by Gasteiger charge is 2.01. The van der Waals surface area contributed by atoms with E-state index in [9.17, 15) is 4.79 Å². The minimum atomic E-state index is -0.436. The summed E-state index contributed by atoms with van der Waals surface area (Å²) >= 11 is 0. The molecule has 0 unspecified atom stereocenters. The molecule has 0 aromatic heterocycles. The van der Waals surface area contributed by atoms with E-state index in [0.717, 1.165) is 16.8 Å². The minimum absolute atomic E-state index is 0.436. The summed E-state index contributed by atoms with van der Waals surface area (Å²) in [4.78, 5) is 10.9. The molecule has 0 radical (unpaired) electrons. The van der Waals surface area contributed by atoms with Gasteiger partial charge in [-0.2, -0.15) is 0 Å². The van der Waals surface area contributed by atoms with E-state index in [1.54, 1.807) is 6.07 Å². The van der Waals surface area contributed by atoms with E-state index in [1.165, 1.54) is 0 Å². The number of hydrogen-bond acceptors (Lipinski definition) is 2. The Bertz CT molecular complexity index is 391. The number of hydrogen-bond donors (Lipinski definition) is 2. The van der Waals surface area contributed by atoms with E-state index >= 15 is 0 Å². The van der Waals surface area contributed by atoms with Gasteiger partial charge in [-0.1, -0.05) is 12.1 Å². The van der Waals surface area contributed by atoms with Gasteiger partial charge in [0.2, 0.25) is 0 Å². The van der Waals surface area contributed by atoms with Crippen molar-refractivity contribution in [2.24, 2.45) is 5.73 Å². The fourth-order valence-corrected chi connectivity index (χ4v) is 1.15. The molecule has 0 saturated heterocycles. The number of anilines is 1. The average molecular weight is 188 g/mol. The molecule has 3 N–H and O–H groups in total. The number of rotatable bonds is 2. The van der Waals surface area contributed by atoms with Gasteiger partial charge in [0.05, 0.1) is 0 Å². The Morgan fingerprint density at radius 3 is 2.86 bits per heavy atom. The first-order chi connectivity index (χ1) is 6.67. The quantitative estimate of drug-likeness (QED) is 0.681. The van der Waals surface area contributed by atoms with Crippen LogP contribution in [0.15, 0.2) is 18.2 Å². The zero-order valence-electron chi connectivity index (χ0n) is 8.00. The zero-order valence-corrected chi connectivity index (χ0v) is 8.00. The second kappa shape index (κ2) is 4.45. The molecule has 72 valence electrons. The third-order valence-corrected chi connectivity index (χ3v) is 1.91. The molecular weight excluding hydrogens is 176 g/mol. The van der Waals surface area contributed by atoms with Gasteiger partial charge >= 0.3 is 0 Å². The SMILES string of the molecule is C#CC(=O)Nc1ccc(CN)cc1C. The molecule has 3 nitrogen and oxygen atoms in total. The van der Waals surface area contributed by atoms with Crippen LogP contribution in [0.3, 0.4) is 0 Å². The highest BCUT2D eigenvalue weighted by molar-refractivity contribution is 6.03. The van der Waals surface area contributed by atoms with Crippen molar-refractivity contribution in [2.45, 2.75) is 13.5 Å². The summed E-state index contributed by atoms with van der Waals surface area (Å²) in [5, 5.41) is 2.60. The van der Waals surface area contributed by atoms with Crippen LogP contribution in [0.1, 0.15) is 11.1 Å². The van der Waals surface area contributed by atoms with Gasteiger partial charge in [0.1, 0.15) is 0 Å². The molecule has 0 spiro atoms. The Hall–Kier alpha value is -1.79. The summed E-state index contributed by atoms with van der Waals surface area (Å²) in [7, 11) is 0. The van der Waals surface area contributed by atoms with Gasteiger partial charge in [-0.15, -0.1) is 6.42 Å². The lowest BCUT2D eigenvalue weighted by molar-refractivity contribution is -0.111. The van der Waals surface area contributed by atoms with Gasteiger partial charge in [0, 0.05) is 12.2 Å². The van der Waals surface area contributed by atoms with Crippen LogP contribution >= 0.6 is 0 Å². The molecule has 0 saturated carbocycles. The van der Waals surface area contributed by atoms with Gasteiger partial charge in [-0.05, 0) is 30.0 Å². The normalized spacial score (nSPS) is 9.21. The van der Waals surface area contributed by atoms with Crippen LogP contribution in [-0.2, 0) is 11.3 Å². The van der Waals surface area contributed by atoms with Crippen LogP contribution in [-0.4, -0.2) is 5.91 Å². The summed E-state index contributed by atoms with van der Waals surface area (Å²) in [6.45, 7) is 2.38. The molecule has 0 aliphatic heterocycles. The highest BCUT2D eigenvalue weighted by atomic mass is 16.1. The van der Waals surface area contributed by atoms with E-state index < -0.39 is 5.91 Å². The number of terminal acetylenes is 1. The van der Waals surface area contributed by atoms with Crippen LogP contribution in [0.4, 0.5) is 5.69 Å². The molecule has 1 aromatic carbocycles. The van der Waals surface area contributed by atoms with Crippen molar-refractivity contribution in [1.29, 1.82) is 0 Å². The first-order valence-electron chi connectivity index (χ1n) is 4.24. The summed E-state index contributed by atoms with van der Waals surface area (Å²) < 4.78 is 0. The second-order valence-corrected chi connectivity index (χ2v) is 2.95. The molecule has 1 amide bonds. The molecule has 1 rings (SSSR count). The topological polar surface area (TPSA) is 55.1 Å². The van der Waals surface area contributed by atoms with E-state index in [0.29, 0.717) is 6.54 Å². The summed E-state index contributed by atoms with van der Waals surface area (Å²) in [5.74, 6) is 1.56. The number of nitrogens with one attached hydrogen (secondary N) is 1. The lowest BCUT2D eigenvalue weighted by Crippen LogP contribution is -2.09. The molecule has 3 heteroatoms. The maximum atomic E-state index is 10.9. The van der Waals surface area contributed by atoms with Crippen molar-refractivity contribution in [3.8, 4) is 12.3 Å². The maximum absolute atomic E-state index is 10.9. The standard InChI is InChI=1S/C11H12N2O/c1-3-11(14)13-10-5-4-9(7-12)6-8(10)2/h1,4-6H,7,12H2,2H3,(H,13,14). The van der Waals surface area contributed by atoms with Crippen LogP contribution in [0.5, 0.6) is 0 Å². The third kappa shape index (κ3) is 2.35. The highest BCUT2D eigenvalue weighted by Crippen LogP contribution is 2.15. The van der Waals surface area contributed by atoms with Gasteiger partial charge in [-0.25, -0.2) is 0 Å². The fraction of sp³-hybridized carbons (Fsp3) is 0.182. The molecule has 0 atom stereocenters. The molecule has 0 heterocycles. The third-order valence-electron chi connectivity index (χ3n) is 1.91. The summed E-state index contributed by atoms with van der Waals surface area (Å²) in [6, 6.07) is 5.58. The molecule has 0 aliphatic rings. The van der Waals surface area contributed by atoms with Crippen molar-refractivity contribution in [2.75, 3.05) is 5.32 Å². The smallest absolute Gasteiger partial charge is 0.300 e. The fourth-order valence-electron chi connectivity index (χ4n) is 1.15. The number of amides is 1. The van der Waals surface area contributed by atoms with Crippen LogP contribution in [0.25, 0.3) is 0 Å². The van der Waals surface area contributed by atoms with Gasteiger partial charge in [0.15, 0.2) is 0 Å². The van der Waals surface area contributed by atoms with E-state index in [4.69, 9.17) is 12.2 Å². The van der Waals surface area contributed by atoms with Crippen molar-refractivity contribution in [1.82, 2.24) is 0 Å². The predicted molar refractivity (Wildman–Crippen MR) is 56.5 cm³/mol. The summed E-state index contributed by atoms with van der Waals surface area (Å²) in [6.07, 6.45) is 4.94. The van der Waals surface area contributed by atoms with E-state index in [2.05, 4.69) is 5.32 Å². The van der Waals surface area contributed by atoms with Gasteiger partial charge in [-0.3, -0.25) is 4.79 Å². The Labute approximate surface area is 83.3 Å². The van der Waals surface area contributed by atoms with Crippen LogP contribution < -0.4 is 11.1 Å². The van der Waals surface area contributed by atoms with Crippen molar-refractivity contribution < 1.29 is 4.79 Å². The predicted octanol–water partition coefficient (Wildman–Crippen LogP) is 1.03. The average Bonchev–Trinajstić information content (AvgIpc) is 2.20. The largest absolute Gasteiger partial charge is 0.326 e. The van der Waals surface area contributed by atoms with Crippen molar-refractivity contribution in [3.63, 3.8) is 0 Å². The monoisotopic (exact) mass is 188 g/mol. The zero-order chi connectivity index (χ0) is 10.6. The lowest BCUT2D eigenvalue weighted by Gasteiger charge is -2.06. The first kappa shape index (κ1) is 10.3. The molecule has 0 fully saturated rings. The molecule has 0 aliphatic carbocycles. The number of benzene rings is 1. The van der Waals surface area contributed by atoms with Crippen LogP contribution in [0, 0.1) is 19.3 Å². The number of aryl methyl sites for hydroxylation is 1. The Balaban J connectivity index is 2.90.